The highest BCUT2D eigenvalue weighted by Crippen LogP contribution is 2.16. The van der Waals surface area contributed by atoms with E-state index in [0.29, 0.717) is 0 Å². The molecule has 1 aliphatic carbocycles. The Morgan fingerprint density at radius 3 is 2.67 bits per heavy atom. The minimum atomic E-state index is 0.758. The number of allylic oxidation sites excluding steroid dienone is 2. The van der Waals surface area contributed by atoms with Gasteiger partial charge in [-0.3, -0.25) is 0 Å². The highest BCUT2D eigenvalue weighted by Gasteiger charge is 2.08. The van der Waals surface area contributed by atoms with Crippen molar-refractivity contribution < 1.29 is 0 Å². The van der Waals surface area contributed by atoms with Crippen molar-refractivity contribution in [3.8, 4) is 0 Å². The first-order chi connectivity index (χ1) is 7.29. The van der Waals surface area contributed by atoms with Gasteiger partial charge >= 0.3 is 0 Å². The predicted molar refractivity (Wildman–Crippen MR) is 67.1 cm³/mol. The average Bonchev–Trinajstić information content (AvgIpc) is 2.24. The van der Waals surface area contributed by atoms with Gasteiger partial charge in [-0.15, -0.1) is 0 Å². The van der Waals surface area contributed by atoms with Gasteiger partial charge in [0.2, 0.25) is 0 Å². The van der Waals surface area contributed by atoms with Crippen molar-refractivity contribution in [2.24, 2.45) is 11.8 Å². The van der Waals surface area contributed by atoms with E-state index < -0.39 is 0 Å². The van der Waals surface area contributed by atoms with Crippen LogP contribution in [0.4, 0.5) is 0 Å². The number of hydrogen-bond acceptors (Lipinski definition) is 2. The number of nitrogens with one attached hydrogen (secondary N) is 2. The Bertz CT molecular complexity index is 175. The van der Waals surface area contributed by atoms with E-state index in [2.05, 4.69) is 36.6 Å². The summed E-state index contributed by atoms with van der Waals surface area (Å²) in [5.41, 5.74) is 0. The van der Waals surface area contributed by atoms with Gasteiger partial charge in [-0.05, 0) is 44.2 Å². The van der Waals surface area contributed by atoms with Crippen molar-refractivity contribution in [1.82, 2.24) is 10.6 Å². The number of hydrogen-bond donors (Lipinski definition) is 2. The van der Waals surface area contributed by atoms with Crippen LogP contribution < -0.4 is 10.6 Å². The van der Waals surface area contributed by atoms with Crippen LogP contribution in [0.5, 0.6) is 0 Å². The highest BCUT2D eigenvalue weighted by molar-refractivity contribution is 4.90. The van der Waals surface area contributed by atoms with E-state index in [1.807, 2.05) is 0 Å². The zero-order chi connectivity index (χ0) is 10.9. The summed E-state index contributed by atoms with van der Waals surface area (Å²) in [6, 6.07) is 0. The number of rotatable bonds is 7. The van der Waals surface area contributed by atoms with E-state index in [-0.39, 0.29) is 0 Å². The Morgan fingerprint density at radius 1 is 1.20 bits per heavy atom. The lowest BCUT2D eigenvalue weighted by Crippen LogP contribution is -2.32. The maximum absolute atomic E-state index is 3.53. The van der Waals surface area contributed by atoms with Crippen molar-refractivity contribution in [3.05, 3.63) is 12.2 Å². The zero-order valence-corrected chi connectivity index (χ0v) is 10.3. The maximum Gasteiger partial charge on any atom is 0.00768 e. The molecule has 0 heterocycles. The topological polar surface area (TPSA) is 24.1 Å². The van der Waals surface area contributed by atoms with Crippen molar-refractivity contribution in [3.63, 3.8) is 0 Å². The summed E-state index contributed by atoms with van der Waals surface area (Å²) >= 11 is 0. The molecule has 1 unspecified atom stereocenters. The van der Waals surface area contributed by atoms with Gasteiger partial charge in [0.15, 0.2) is 0 Å². The minimum Gasteiger partial charge on any atom is -0.315 e. The summed E-state index contributed by atoms with van der Waals surface area (Å²) in [6.07, 6.45) is 8.54. The third kappa shape index (κ3) is 6.69. The molecule has 0 saturated carbocycles. The highest BCUT2D eigenvalue weighted by atomic mass is 14.9. The lowest BCUT2D eigenvalue weighted by molar-refractivity contribution is 0.435. The van der Waals surface area contributed by atoms with Crippen LogP contribution in [0.2, 0.25) is 0 Å². The molecule has 2 heteroatoms. The molecule has 0 aromatic rings. The quantitative estimate of drug-likeness (QED) is 0.497. The first kappa shape index (κ1) is 12.7. The molecule has 0 aliphatic heterocycles. The monoisotopic (exact) mass is 210 g/mol. The standard InChI is InChI=1S/C13H26N2/c1-12(2)10-14-8-9-15-11-13-6-4-3-5-7-13/h3-4,12-15H,5-11H2,1-2H3. The lowest BCUT2D eigenvalue weighted by atomic mass is 9.94. The van der Waals surface area contributed by atoms with Gasteiger partial charge in [0.25, 0.3) is 0 Å². The van der Waals surface area contributed by atoms with E-state index in [9.17, 15) is 0 Å². The Hall–Kier alpha value is -0.340. The summed E-state index contributed by atoms with van der Waals surface area (Å²) in [4.78, 5) is 0. The van der Waals surface area contributed by atoms with E-state index in [1.165, 1.54) is 25.8 Å². The Balaban J connectivity index is 1.86. The fraction of sp³-hybridized carbons (Fsp3) is 0.846. The molecule has 15 heavy (non-hydrogen) atoms. The van der Waals surface area contributed by atoms with Crippen LogP contribution in [-0.4, -0.2) is 26.2 Å². The molecule has 1 rings (SSSR count). The smallest absolute Gasteiger partial charge is 0.00768 e. The van der Waals surface area contributed by atoms with Crippen molar-refractivity contribution >= 4 is 0 Å². The fourth-order valence-electron chi connectivity index (χ4n) is 1.92. The van der Waals surface area contributed by atoms with Gasteiger partial charge in [0.05, 0.1) is 0 Å². The molecule has 0 aromatic heterocycles. The summed E-state index contributed by atoms with van der Waals surface area (Å²) in [5, 5.41) is 6.98. The Labute approximate surface area is 94.5 Å². The minimum absolute atomic E-state index is 0.758. The summed E-state index contributed by atoms with van der Waals surface area (Å²) in [6.45, 7) is 9.01. The van der Waals surface area contributed by atoms with Gasteiger partial charge < -0.3 is 10.6 Å². The molecule has 0 aromatic carbocycles. The van der Waals surface area contributed by atoms with E-state index in [0.717, 1.165) is 31.5 Å². The van der Waals surface area contributed by atoms with Gasteiger partial charge in [-0.1, -0.05) is 26.0 Å². The van der Waals surface area contributed by atoms with Gasteiger partial charge in [0.1, 0.15) is 0 Å². The second-order valence-electron chi connectivity index (χ2n) is 4.95. The van der Waals surface area contributed by atoms with Crippen LogP contribution in [0.1, 0.15) is 33.1 Å². The molecule has 2 N–H and O–H groups in total. The molecule has 1 atom stereocenters. The molecule has 0 bridgehead atoms. The molecule has 0 saturated heterocycles. The summed E-state index contributed by atoms with van der Waals surface area (Å²) < 4.78 is 0. The van der Waals surface area contributed by atoms with Gasteiger partial charge in [-0.2, -0.15) is 0 Å². The van der Waals surface area contributed by atoms with E-state index in [1.54, 1.807) is 0 Å². The van der Waals surface area contributed by atoms with Crippen LogP contribution >= 0.6 is 0 Å². The fourth-order valence-corrected chi connectivity index (χ4v) is 1.92. The molecule has 88 valence electrons. The molecule has 1 aliphatic rings. The molecule has 0 radical (unpaired) electrons. The van der Waals surface area contributed by atoms with Crippen LogP contribution in [0.3, 0.4) is 0 Å². The van der Waals surface area contributed by atoms with Gasteiger partial charge in [-0.25, -0.2) is 0 Å². The first-order valence-electron chi connectivity index (χ1n) is 6.35. The third-order valence-electron chi connectivity index (χ3n) is 2.84. The molecule has 0 spiro atoms. The van der Waals surface area contributed by atoms with Crippen molar-refractivity contribution in [2.75, 3.05) is 26.2 Å². The third-order valence-corrected chi connectivity index (χ3v) is 2.84. The average molecular weight is 210 g/mol. The second kappa shape index (κ2) is 7.89. The molecular weight excluding hydrogens is 184 g/mol. The van der Waals surface area contributed by atoms with Crippen molar-refractivity contribution in [1.29, 1.82) is 0 Å². The normalized spacial score (nSPS) is 21.1. The Morgan fingerprint density at radius 2 is 2.00 bits per heavy atom. The summed E-state index contributed by atoms with van der Waals surface area (Å²) in [7, 11) is 0. The summed E-state index contributed by atoms with van der Waals surface area (Å²) in [5.74, 6) is 1.63. The molecular formula is C13H26N2. The second-order valence-corrected chi connectivity index (χ2v) is 4.95. The predicted octanol–water partition coefficient (Wildman–Crippen LogP) is 2.18. The maximum atomic E-state index is 3.53. The van der Waals surface area contributed by atoms with E-state index in [4.69, 9.17) is 0 Å². The van der Waals surface area contributed by atoms with Crippen LogP contribution in [0, 0.1) is 11.8 Å². The first-order valence-corrected chi connectivity index (χ1v) is 6.35. The van der Waals surface area contributed by atoms with Crippen molar-refractivity contribution in [2.45, 2.75) is 33.1 Å². The molecule has 2 nitrogen and oxygen atoms in total. The largest absolute Gasteiger partial charge is 0.315 e. The van der Waals surface area contributed by atoms with E-state index >= 15 is 0 Å². The van der Waals surface area contributed by atoms with Crippen LogP contribution in [0.25, 0.3) is 0 Å². The Kier molecular flexibility index (Phi) is 6.69. The van der Waals surface area contributed by atoms with Crippen LogP contribution in [0.15, 0.2) is 12.2 Å². The molecule has 0 amide bonds. The molecule has 0 fully saturated rings. The van der Waals surface area contributed by atoms with Gasteiger partial charge in [0, 0.05) is 13.1 Å². The zero-order valence-electron chi connectivity index (χ0n) is 10.3. The SMILES string of the molecule is CC(C)CNCCNCC1CC=CCC1. The van der Waals surface area contributed by atoms with Crippen LogP contribution in [-0.2, 0) is 0 Å². The lowest BCUT2D eigenvalue weighted by Gasteiger charge is -2.18.